The molecule has 1 aliphatic rings. The Morgan fingerprint density at radius 3 is 2.41 bits per heavy atom. The summed E-state index contributed by atoms with van der Waals surface area (Å²) in [6, 6.07) is 24.4. The molecule has 0 aliphatic carbocycles. The molecule has 5 nitrogen and oxygen atoms in total. The van der Waals surface area contributed by atoms with Gasteiger partial charge in [0.1, 0.15) is 0 Å². The topological polar surface area (TPSA) is 67.4 Å². The Labute approximate surface area is 169 Å². The highest BCUT2D eigenvalue weighted by Crippen LogP contribution is 2.28. The summed E-state index contributed by atoms with van der Waals surface area (Å²) < 4.78 is 5.70. The Morgan fingerprint density at radius 1 is 0.897 bits per heavy atom. The lowest BCUT2D eigenvalue weighted by atomic mass is 9.97. The number of amides is 2. The van der Waals surface area contributed by atoms with Gasteiger partial charge in [0.05, 0.1) is 6.61 Å². The van der Waals surface area contributed by atoms with Gasteiger partial charge in [-0.15, -0.1) is 0 Å². The summed E-state index contributed by atoms with van der Waals surface area (Å²) in [5, 5.41) is 5.77. The lowest BCUT2D eigenvalue weighted by molar-refractivity contribution is -0.128. The monoisotopic (exact) mass is 386 g/mol. The number of fused-ring (bicyclic) bond motifs is 1. The first-order valence-electron chi connectivity index (χ1n) is 9.63. The van der Waals surface area contributed by atoms with Crippen LogP contribution in [0.2, 0.25) is 0 Å². The van der Waals surface area contributed by atoms with Crippen molar-refractivity contribution in [2.75, 3.05) is 11.9 Å². The van der Waals surface area contributed by atoms with Crippen LogP contribution in [0.3, 0.4) is 0 Å². The molecular weight excluding hydrogens is 364 g/mol. The lowest BCUT2D eigenvalue weighted by Gasteiger charge is -2.25. The molecule has 29 heavy (non-hydrogen) atoms. The van der Waals surface area contributed by atoms with Crippen molar-refractivity contribution in [2.45, 2.75) is 19.1 Å². The van der Waals surface area contributed by atoms with Gasteiger partial charge in [-0.1, -0.05) is 54.6 Å². The zero-order valence-electron chi connectivity index (χ0n) is 15.9. The Balaban J connectivity index is 1.37. The fraction of sp³-hybridized carbons (Fsp3) is 0.167. The Hall–Kier alpha value is -3.44. The van der Waals surface area contributed by atoms with Crippen molar-refractivity contribution < 1.29 is 14.3 Å². The van der Waals surface area contributed by atoms with Crippen LogP contribution in [0.25, 0.3) is 0 Å². The quantitative estimate of drug-likeness (QED) is 0.700. The Kier molecular flexibility index (Phi) is 5.68. The van der Waals surface area contributed by atoms with E-state index in [1.807, 2.05) is 54.6 Å². The van der Waals surface area contributed by atoms with Crippen LogP contribution in [-0.2, 0) is 22.5 Å². The van der Waals surface area contributed by atoms with E-state index in [-0.39, 0.29) is 11.8 Å². The molecule has 3 aromatic carbocycles. The summed E-state index contributed by atoms with van der Waals surface area (Å²) in [7, 11) is 0. The molecule has 0 bridgehead atoms. The van der Waals surface area contributed by atoms with Crippen LogP contribution in [0.5, 0.6) is 0 Å². The normalized spacial score (nSPS) is 15.2. The van der Waals surface area contributed by atoms with Crippen molar-refractivity contribution >= 4 is 17.5 Å². The highest BCUT2D eigenvalue weighted by atomic mass is 16.5. The molecular formula is C24H22N2O3. The van der Waals surface area contributed by atoms with Crippen molar-refractivity contribution in [1.82, 2.24) is 5.32 Å². The maximum Gasteiger partial charge on any atom is 0.258 e. The van der Waals surface area contributed by atoms with Crippen LogP contribution in [0.4, 0.5) is 5.69 Å². The molecule has 1 aliphatic heterocycles. The molecule has 3 aromatic rings. The van der Waals surface area contributed by atoms with Gasteiger partial charge in [0.2, 0.25) is 0 Å². The van der Waals surface area contributed by atoms with Gasteiger partial charge in [0.25, 0.3) is 11.8 Å². The molecule has 146 valence electrons. The highest BCUT2D eigenvalue weighted by molar-refractivity contribution is 5.97. The maximum atomic E-state index is 12.7. The fourth-order valence-corrected chi connectivity index (χ4v) is 3.40. The van der Waals surface area contributed by atoms with E-state index in [1.165, 1.54) is 0 Å². The average Bonchev–Trinajstić information content (AvgIpc) is 2.78. The summed E-state index contributed by atoms with van der Waals surface area (Å²) in [4.78, 5) is 25.0. The van der Waals surface area contributed by atoms with E-state index >= 15 is 0 Å². The number of benzene rings is 3. The molecule has 1 atom stereocenters. The van der Waals surface area contributed by atoms with Gasteiger partial charge in [0.15, 0.2) is 6.10 Å². The van der Waals surface area contributed by atoms with E-state index in [2.05, 4.69) is 10.6 Å². The van der Waals surface area contributed by atoms with Gasteiger partial charge >= 0.3 is 0 Å². The fourth-order valence-electron chi connectivity index (χ4n) is 3.40. The van der Waals surface area contributed by atoms with Crippen molar-refractivity contribution in [2.24, 2.45) is 0 Å². The molecule has 0 fully saturated rings. The molecule has 4 rings (SSSR count). The number of rotatable bonds is 5. The summed E-state index contributed by atoms with van der Waals surface area (Å²) in [5.74, 6) is -0.366. The van der Waals surface area contributed by atoms with Gasteiger partial charge in [0, 0.05) is 17.8 Å². The number of carbonyl (C=O) groups excluding carboxylic acids is 2. The summed E-state index contributed by atoms with van der Waals surface area (Å²) >= 11 is 0. The number of ether oxygens (including phenoxy) is 1. The average molecular weight is 386 g/mol. The molecule has 0 saturated carbocycles. The van der Waals surface area contributed by atoms with E-state index in [4.69, 9.17) is 4.74 Å². The minimum atomic E-state index is -0.617. The first kappa shape index (κ1) is 18.9. The standard InChI is InChI=1S/C24H22N2O3/c27-23(25-16-17-6-2-1-3-7-17)19-10-12-20(13-11-19)26-24(28)22-21-9-5-4-8-18(21)14-15-29-22/h1-13,22H,14-16H2,(H,25,27)(H,26,28)/t22-/m0/s1. The smallest absolute Gasteiger partial charge is 0.258 e. The lowest BCUT2D eigenvalue weighted by Crippen LogP contribution is -2.28. The van der Waals surface area contributed by atoms with Gasteiger partial charge < -0.3 is 15.4 Å². The van der Waals surface area contributed by atoms with Gasteiger partial charge in [-0.25, -0.2) is 0 Å². The van der Waals surface area contributed by atoms with Crippen LogP contribution >= 0.6 is 0 Å². The maximum absolute atomic E-state index is 12.7. The van der Waals surface area contributed by atoms with Gasteiger partial charge in [-0.2, -0.15) is 0 Å². The number of nitrogens with one attached hydrogen (secondary N) is 2. The van der Waals surface area contributed by atoms with Gasteiger partial charge in [-0.3, -0.25) is 9.59 Å². The first-order chi connectivity index (χ1) is 14.2. The molecule has 0 aromatic heterocycles. The van der Waals surface area contributed by atoms with E-state index in [9.17, 15) is 9.59 Å². The van der Waals surface area contributed by atoms with Crippen LogP contribution in [0.15, 0.2) is 78.9 Å². The second kappa shape index (κ2) is 8.71. The largest absolute Gasteiger partial charge is 0.363 e. The van der Waals surface area contributed by atoms with Crippen LogP contribution < -0.4 is 10.6 Å². The third-order valence-corrected chi connectivity index (χ3v) is 4.94. The second-order valence-corrected chi connectivity index (χ2v) is 6.93. The van der Waals surface area contributed by atoms with E-state index in [0.29, 0.717) is 24.4 Å². The third-order valence-electron chi connectivity index (χ3n) is 4.94. The van der Waals surface area contributed by atoms with E-state index < -0.39 is 6.10 Å². The summed E-state index contributed by atoms with van der Waals surface area (Å²) in [6.45, 7) is 0.992. The first-order valence-corrected chi connectivity index (χ1v) is 9.63. The number of hydrogen-bond donors (Lipinski definition) is 2. The zero-order valence-corrected chi connectivity index (χ0v) is 15.9. The minimum Gasteiger partial charge on any atom is -0.363 e. The van der Waals surface area contributed by atoms with Crippen molar-refractivity contribution in [3.63, 3.8) is 0 Å². The molecule has 0 unspecified atom stereocenters. The Morgan fingerprint density at radius 2 is 1.62 bits per heavy atom. The number of anilines is 1. The predicted molar refractivity (Wildman–Crippen MR) is 112 cm³/mol. The highest BCUT2D eigenvalue weighted by Gasteiger charge is 2.27. The minimum absolute atomic E-state index is 0.156. The molecule has 5 heteroatoms. The molecule has 0 saturated heterocycles. The van der Waals surface area contributed by atoms with E-state index in [0.717, 1.165) is 23.1 Å². The van der Waals surface area contributed by atoms with Crippen LogP contribution in [0, 0.1) is 0 Å². The van der Waals surface area contributed by atoms with Crippen LogP contribution in [-0.4, -0.2) is 18.4 Å². The zero-order chi connectivity index (χ0) is 20.1. The molecule has 0 radical (unpaired) electrons. The number of carbonyl (C=O) groups is 2. The van der Waals surface area contributed by atoms with Crippen LogP contribution in [0.1, 0.15) is 33.2 Å². The van der Waals surface area contributed by atoms with Gasteiger partial charge in [-0.05, 0) is 47.4 Å². The van der Waals surface area contributed by atoms with Crippen molar-refractivity contribution in [1.29, 1.82) is 0 Å². The summed E-state index contributed by atoms with van der Waals surface area (Å²) in [6.07, 6.45) is 0.195. The van der Waals surface area contributed by atoms with Crippen molar-refractivity contribution in [3.8, 4) is 0 Å². The van der Waals surface area contributed by atoms with Crippen molar-refractivity contribution in [3.05, 3.63) is 101 Å². The van der Waals surface area contributed by atoms with E-state index in [1.54, 1.807) is 24.3 Å². The molecule has 2 N–H and O–H groups in total. The molecule has 0 spiro atoms. The second-order valence-electron chi connectivity index (χ2n) is 6.93. The third kappa shape index (κ3) is 4.52. The number of hydrogen-bond acceptors (Lipinski definition) is 3. The molecule has 1 heterocycles. The Bertz CT molecular complexity index is 1000. The summed E-state index contributed by atoms with van der Waals surface area (Å²) in [5.41, 5.74) is 4.26. The predicted octanol–water partition coefficient (Wildman–Crippen LogP) is 3.87. The SMILES string of the molecule is O=C(NCc1ccccc1)c1ccc(NC(=O)[C@H]2OCCc3ccccc32)cc1. The molecule has 2 amide bonds.